The maximum absolute atomic E-state index is 12.0. The van der Waals surface area contributed by atoms with Crippen LogP contribution >= 0.6 is 0 Å². The Hall–Kier alpha value is -1.79. The highest BCUT2D eigenvalue weighted by Gasteiger charge is 2.20. The molecular formula is C15H22N2O4. The second kappa shape index (κ2) is 7.28. The predicted molar refractivity (Wildman–Crippen MR) is 79.1 cm³/mol. The zero-order valence-corrected chi connectivity index (χ0v) is 12.6. The Morgan fingerprint density at radius 2 is 2.19 bits per heavy atom. The van der Waals surface area contributed by atoms with Gasteiger partial charge in [0, 0.05) is 26.7 Å². The van der Waals surface area contributed by atoms with Crippen molar-refractivity contribution in [2.45, 2.75) is 6.92 Å². The molecule has 21 heavy (non-hydrogen) atoms. The van der Waals surface area contributed by atoms with Crippen LogP contribution in [-0.2, 0) is 9.47 Å². The van der Waals surface area contributed by atoms with E-state index < -0.39 is 0 Å². The van der Waals surface area contributed by atoms with Crippen molar-refractivity contribution in [3.63, 3.8) is 0 Å². The van der Waals surface area contributed by atoms with Crippen LogP contribution in [0, 0.1) is 6.92 Å². The molecule has 2 heterocycles. The topological polar surface area (TPSA) is 63.9 Å². The molecule has 0 aliphatic carbocycles. The SMILES string of the molecule is C=C(c1oc(C(=O)NCCOC)cc1C)N1CCOCC1. The van der Waals surface area contributed by atoms with Crippen molar-refractivity contribution in [3.05, 3.63) is 29.7 Å². The number of amides is 1. The van der Waals surface area contributed by atoms with E-state index in [9.17, 15) is 4.79 Å². The number of hydrogen-bond acceptors (Lipinski definition) is 5. The molecule has 1 aliphatic heterocycles. The van der Waals surface area contributed by atoms with Gasteiger partial charge in [0.2, 0.25) is 0 Å². The first kappa shape index (κ1) is 15.6. The van der Waals surface area contributed by atoms with Gasteiger partial charge in [-0.3, -0.25) is 4.79 Å². The minimum Gasteiger partial charge on any atom is -0.449 e. The van der Waals surface area contributed by atoms with Gasteiger partial charge in [0.15, 0.2) is 11.5 Å². The lowest BCUT2D eigenvalue weighted by molar-refractivity contribution is 0.0632. The van der Waals surface area contributed by atoms with Gasteiger partial charge in [0.05, 0.1) is 25.5 Å². The summed E-state index contributed by atoms with van der Waals surface area (Å²) in [5.74, 6) is 0.720. The molecule has 1 saturated heterocycles. The zero-order chi connectivity index (χ0) is 15.2. The van der Waals surface area contributed by atoms with Crippen LogP contribution < -0.4 is 5.32 Å². The van der Waals surface area contributed by atoms with Crippen molar-refractivity contribution >= 4 is 11.6 Å². The van der Waals surface area contributed by atoms with E-state index in [1.54, 1.807) is 13.2 Å². The van der Waals surface area contributed by atoms with Gasteiger partial charge >= 0.3 is 0 Å². The van der Waals surface area contributed by atoms with Gasteiger partial charge in [0.25, 0.3) is 5.91 Å². The van der Waals surface area contributed by atoms with Crippen LogP contribution in [0.1, 0.15) is 21.9 Å². The molecule has 0 spiro atoms. The van der Waals surface area contributed by atoms with Gasteiger partial charge in [-0.15, -0.1) is 0 Å². The molecule has 6 heteroatoms. The number of nitrogens with one attached hydrogen (secondary N) is 1. The van der Waals surface area contributed by atoms with Crippen molar-refractivity contribution < 1.29 is 18.7 Å². The molecule has 1 fully saturated rings. The molecule has 1 N–H and O–H groups in total. The van der Waals surface area contributed by atoms with Crippen molar-refractivity contribution in [1.29, 1.82) is 0 Å². The molecule has 1 aromatic rings. The standard InChI is InChI=1S/C15H22N2O4/c1-11-10-13(15(18)16-4-7-19-3)21-14(11)12(2)17-5-8-20-9-6-17/h10H,2,4-9H2,1,3H3,(H,16,18). The third kappa shape index (κ3) is 3.86. The number of methoxy groups -OCH3 is 1. The number of hydrogen-bond donors (Lipinski definition) is 1. The van der Waals surface area contributed by atoms with Crippen LogP contribution in [0.3, 0.4) is 0 Å². The highest BCUT2D eigenvalue weighted by atomic mass is 16.5. The van der Waals surface area contributed by atoms with Gasteiger partial charge in [0.1, 0.15) is 0 Å². The number of rotatable bonds is 6. The molecule has 0 aromatic carbocycles. The van der Waals surface area contributed by atoms with E-state index in [2.05, 4.69) is 16.8 Å². The number of nitrogens with zero attached hydrogens (tertiary/aromatic N) is 1. The van der Waals surface area contributed by atoms with Crippen molar-refractivity contribution in [2.24, 2.45) is 0 Å². The molecule has 1 aliphatic rings. The fourth-order valence-electron chi connectivity index (χ4n) is 2.21. The normalized spacial score (nSPS) is 15.0. The number of carbonyl (C=O) groups is 1. The summed E-state index contributed by atoms with van der Waals surface area (Å²) in [5.41, 5.74) is 1.70. The number of morpholine rings is 1. The van der Waals surface area contributed by atoms with Gasteiger partial charge < -0.3 is 24.1 Å². The largest absolute Gasteiger partial charge is 0.449 e. The molecule has 0 saturated carbocycles. The van der Waals surface area contributed by atoms with E-state index in [0.717, 1.165) is 24.4 Å². The molecule has 0 unspecified atom stereocenters. The molecule has 0 radical (unpaired) electrons. The van der Waals surface area contributed by atoms with Crippen molar-refractivity contribution in [1.82, 2.24) is 10.2 Å². The van der Waals surface area contributed by atoms with E-state index in [-0.39, 0.29) is 5.91 Å². The maximum atomic E-state index is 12.0. The Kier molecular flexibility index (Phi) is 5.41. The fourth-order valence-corrected chi connectivity index (χ4v) is 2.21. The first-order chi connectivity index (χ1) is 10.1. The zero-order valence-electron chi connectivity index (χ0n) is 12.6. The lowest BCUT2D eigenvalue weighted by atomic mass is 10.2. The summed E-state index contributed by atoms with van der Waals surface area (Å²) in [6.07, 6.45) is 0. The predicted octanol–water partition coefficient (Wildman–Crippen LogP) is 1.27. The van der Waals surface area contributed by atoms with Gasteiger partial charge in [-0.05, 0) is 18.6 Å². The fraction of sp³-hybridized carbons (Fsp3) is 0.533. The highest BCUT2D eigenvalue weighted by molar-refractivity contribution is 5.92. The van der Waals surface area contributed by atoms with Crippen molar-refractivity contribution in [3.8, 4) is 0 Å². The molecule has 1 amide bonds. The van der Waals surface area contributed by atoms with Crippen LogP contribution in [-0.4, -0.2) is 57.4 Å². The summed E-state index contributed by atoms with van der Waals surface area (Å²) in [6.45, 7) is 9.86. The molecule has 2 rings (SSSR count). The minimum absolute atomic E-state index is 0.240. The number of aryl methyl sites for hydroxylation is 1. The first-order valence-corrected chi connectivity index (χ1v) is 7.03. The van der Waals surface area contributed by atoms with E-state index in [1.807, 2.05) is 6.92 Å². The Labute approximate surface area is 124 Å². The van der Waals surface area contributed by atoms with Gasteiger partial charge in [-0.25, -0.2) is 0 Å². The molecule has 116 valence electrons. The smallest absolute Gasteiger partial charge is 0.287 e. The number of ether oxygens (including phenoxy) is 2. The maximum Gasteiger partial charge on any atom is 0.287 e. The Balaban J connectivity index is 2.04. The Bertz CT molecular complexity index is 504. The van der Waals surface area contributed by atoms with Crippen LogP contribution in [0.5, 0.6) is 0 Å². The third-order valence-electron chi connectivity index (χ3n) is 3.39. The summed E-state index contributed by atoms with van der Waals surface area (Å²) < 4.78 is 15.9. The molecular weight excluding hydrogens is 272 g/mol. The third-order valence-corrected chi connectivity index (χ3v) is 3.39. The highest BCUT2D eigenvalue weighted by Crippen LogP contribution is 2.25. The summed E-state index contributed by atoms with van der Waals surface area (Å²) >= 11 is 0. The second-order valence-electron chi connectivity index (χ2n) is 4.92. The van der Waals surface area contributed by atoms with E-state index >= 15 is 0 Å². The average Bonchev–Trinajstić information content (AvgIpc) is 2.89. The molecule has 1 aromatic heterocycles. The summed E-state index contributed by atoms with van der Waals surface area (Å²) in [7, 11) is 1.59. The lowest BCUT2D eigenvalue weighted by Gasteiger charge is -2.29. The Morgan fingerprint density at radius 1 is 1.48 bits per heavy atom. The number of furan rings is 1. The summed E-state index contributed by atoms with van der Waals surface area (Å²) in [5, 5.41) is 2.74. The van der Waals surface area contributed by atoms with E-state index in [0.29, 0.717) is 37.9 Å². The van der Waals surface area contributed by atoms with Crippen LogP contribution in [0.25, 0.3) is 5.70 Å². The first-order valence-electron chi connectivity index (χ1n) is 7.03. The summed E-state index contributed by atoms with van der Waals surface area (Å²) in [4.78, 5) is 14.1. The summed E-state index contributed by atoms with van der Waals surface area (Å²) in [6, 6.07) is 1.74. The molecule has 0 atom stereocenters. The van der Waals surface area contributed by atoms with E-state index in [4.69, 9.17) is 13.9 Å². The number of carbonyl (C=O) groups excluding carboxylic acids is 1. The second-order valence-corrected chi connectivity index (χ2v) is 4.92. The van der Waals surface area contributed by atoms with Gasteiger partial charge in [-0.1, -0.05) is 6.58 Å². The van der Waals surface area contributed by atoms with Gasteiger partial charge in [-0.2, -0.15) is 0 Å². The quantitative estimate of drug-likeness (QED) is 0.800. The Morgan fingerprint density at radius 3 is 2.86 bits per heavy atom. The minimum atomic E-state index is -0.240. The molecule has 6 nitrogen and oxygen atoms in total. The van der Waals surface area contributed by atoms with Crippen LogP contribution in [0.2, 0.25) is 0 Å². The average molecular weight is 294 g/mol. The van der Waals surface area contributed by atoms with Crippen LogP contribution in [0.4, 0.5) is 0 Å². The van der Waals surface area contributed by atoms with Crippen LogP contribution in [0.15, 0.2) is 17.1 Å². The lowest BCUT2D eigenvalue weighted by Crippen LogP contribution is -2.34. The monoisotopic (exact) mass is 294 g/mol. The van der Waals surface area contributed by atoms with Crippen molar-refractivity contribution in [2.75, 3.05) is 46.6 Å². The molecule has 0 bridgehead atoms. The van der Waals surface area contributed by atoms with E-state index in [1.165, 1.54) is 0 Å².